The largest absolute Gasteiger partial charge is 0.444 e. The van der Waals surface area contributed by atoms with Gasteiger partial charge in [-0.3, -0.25) is 19.2 Å². The van der Waals surface area contributed by atoms with Crippen LogP contribution in [0.3, 0.4) is 0 Å². The first kappa shape index (κ1) is 19.1. The molecule has 0 spiro atoms. The molecule has 2 heterocycles. The van der Waals surface area contributed by atoms with E-state index in [2.05, 4.69) is 0 Å². The van der Waals surface area contributed by atoms with Gasteiger partial charge in [0.2, 0.25) is 0 Å². The summed E-state index contributed by atoms with van der Waals surface area (Å²) in [7, 11) is 0. The zero-order chi connectivity index (χ0) is 19.2. The van der Waals surface area contributed by atoms with E-state index in [0.717, 1.165) is 6.20 Å². The molecule has 25 heavy (non-hydrogen) atoms. The Morgan fingerprint density at radius 2 is 2.04 bits per heavy atom. The van der Waals surface area contributed by atoms with Crippen molar-refractivity contribution in [3.63, 3.8) is 0 Å². The van der Waals surface area contributed by atoms with Gasteiger partial charge in [0.1, 0.15) is 5.60 Å². The van der Waals surface area contributed by atoms with Crippen LogP contribution in [0.25, 0.3) is 0 Å². The number of aryl methyl sites for hydroxylation is 1. The summed E-state index contributed by atoms with van der Waals surface area (Å²) in [5.74, 6) is -3.50. The minimum atomic E-state index is -3.50. The lowest BCUT2D eigenvalue weighted by molar-refractivity contribution is -0.0710. The van der Waals surface area contributed by atoms with E-state index in [0.29, 0.717) is 9.47 Å². The van der Waals surface area contributed by atoms with Crippen LogP contribution in [0.4, 0.5) is 13.6 Å². The molecule has 1 aliphatic heterocycles. The fourth-order valence-corrected chi connectivity index (χ4v) is 2.74. The van der Waals surface area contributed by atoms with E-state index in [1.54, 1.807) is 20.8 Å². The zero-order valence-corrected chi connectivity index (χ0v) is 14.4. The van der Waals surface area contributed by atoms with Crippen LogP contribution in [0.2, 0.25) is 0 Å². The van der Waals surface area contributed by atoms with Gasteiger partial charge < -0.3 is 9.84 Å². The summed E-state index contributed by atoms with van der Waals surface area (Å²) < 4.78 is 34.9. The number of carbonyl (C=O) groups excluding carboxylic acids is 1. The SMILES string of the molecule is Cc1cn(C2N(C(=O)OC(C)(C)C)[C@H](CO)CC2(F)F)c(=O)[nH]c1=O. The normalized spacial score (nSPS) is 22.9. The van der Waals surface area contributed by atoms with Gasteiger partial charge >= 0.3 is 11.8 Å². The third-order valence-electron chi connectivity index (χ3n) is 3.77. The third-order valence-corrected chi connectivity index (χ3v) is 3.77. The van der Waals surface area contributed by atoms with Crippen molar-refractivity contribution in [2.45, 2.75) is 57.8 Å². The number of likely N-dealkylation sites (tertiary alicyclic amines) is 1. The van der Waals surface area contributed by atoms with Crippen molar-refractivity contribution in [1.29, 1.82) is 0 Å². The summed E-state index contributed by atoms with van der Waals surface area (Å²) in [6.45, 7) is 5.33. The predicted octanol–water partition coefficient (Wildman–Crippen LogP) is 0.981. The molecule has 1 aromatic rings. The van der Waals surface area contributed by atoms with Crippen LogP contribution in [0, 0.1) is 6.92 Å². The van der Waals surface area contributed by atoms with Gasteiger partial charge in [-0.1, -0.05) is 0 Å². The van der Waals surface area contributed by atoms with Crippen LogP contribution in [-0.4, -0.2) is 49.8 Å². The second kappa shape index (κ2) is 6.25. The number of carbonyl (C=O) groups is 1. The maximum atomic E-state index is 14.6. The van der Waals surface area contributed by atoms with Crippen molar-refractivity contribution in [3.8, 4) is 0 Å². The second-order valence-corrected chi connectivity index (χ2v) is 7.04. The summed E-state index contributed by atoms with van der Waals surface area (Å²) in [6, 6.07) is -1.23. The number of hydrogen-bond acceptors (Lipinski definition) is 5. The van der Waals surface area contributed by atoms with Crippen LogP contribution in [0.1, 0.15) is 38.9 Å². The van der Waals surface area contributed by atoms with Gasteiger partial charge in [-0.25, -0.2) is 18.4 Å². The summed E-state index contributed by atoms with van der Waals surface area (Å²) >= 11 is 0. The molecule has 2 N–H and O–H groups in total. The number of nitrogens with one attached hydrogen (secondary N) is 1. The first-order chi connectivity index (χ1) is 11.4. The molecule has 2 rings (SSSR count). The van der Waals surface area contributed by atoms with Crippen LogP contribution in [-0.2, 0) is 4.74 Å². The van der Waals surface area contributed by atoms with Crippen molar-refractivity contribution in [2.24, 2.45) is 0 Å². The molecular formula is C15H21F2N3O5. The van der Waals surface area contributed by atoms with Crippen LogP contribution in [0.15, 0.2) is 15.8 Å². The van der Waals surface area contributed by atoms with Gasteiger partial charge in [-0.15, -0.1) is 0 Å². The number of halogens is 2. The van der Waals surface area contributed by atoms with Crippen molar-refractivity contribution in [1.82, 2.24) is 14.5 Å². The van der Waals surface area contributed by atoms with E-state index in [-0.39, 0.29) is 5.56 Å². The first-order valence-corrected chi connectivity index (χ1v) is 7.69. The molecule has 0 bridgehead atoms. The summed E-state index contributed by atoms with van der Waals surface area (Å²) in [4.78, 5) is 38.6. The van der Waals surface area contributed by atoms with Gasteiger partial charge in [0.05, 0.1) is 12.6 Å². The number of aliphatic hydroxyl groups is 1. The second-order valence-electron chi connectivity index (χ2n) is 7.04. The smallest absolute Gasteiger partial charge is 0.412 e. The van der Waals surface area contributed by atoms with Gasteiger partial charge in [0.15, 0.2) is 6.17 Å². The lowest BCUT2D eigenvalue weighted by atomic mass is 10.2. The summed E-state index contributed by atoms with van der Waals surface area (Å²) in [5, 5.41) is 9.42. The minimum Gasteiger partial charge on any atom is -0.444 e. The fraction of sp³-hybridized carbons (Fsp3) is 0.667. The molecular weight excluding hydrogens is 340 g/mol. The topological polar surface area (TPSA) is 105 Å². The standard InChI is InChI=1S/C15H21F2N3O5/c1-8-6-19(12(23)18-10(8)22)11-15(16,17)5-9(7-21)20(11)13(24)25-14(2,3)4/h6,9,11,21H,5,7H2,1-4H3,(H,18,22,23)/t9-,11?/m0/s1. The highest BCUT2D eigenvalue weighted by Gasteiger charge is 2.58. The Bertz CT molecular complexity index is 781. The summed E-state index contributed by atoms with van der Waals surface area (Å²) in [5.41, 5.74) is -2.70. The Labute approximate surface area is 142 Å². The quantitative estimate of drug-likeness (QED) is 0.817. The van der Waals surface area contributed by atoms with Crippen LogP contribution < -0.4 is 11.2 Å². The van der Waals surface area contributed by atoms with Gasteiger partial charge in [-0.2, -0.15) is 0 Å². The number of alkyl halides is 2. The fourth-order valence-electron chi connectivity index (χ4n) is 2.74. The van der Waals surface area contributed by atoms with Gasteiger partial charge in [0, 0.05) is 18.2 Å². The Balaban J connectivity index is 2.58. The van der Waals surface area contributed by atoms with E-state index in [1.807, 2.05) is 4.98 Å². The molecule has 2 atom stereocenters. The highest BCUT2D eigenvalue weighted by molar-refractivity contribution is 5.69. The number of nitrogens with zero attached hydrogens (tertiary/aromatic N) is 2. The average Bonchev–Trinajstić information content (AvgIpc) is 2.72. The highest BCUT2D eigenvalue weighted by Crippen LogP contribution is 2.44. The molecule has 10 heteroatoms. The molecule has 1 fully saturated rings. The number of aromatic nitrogens is 2. The molecule has 8 nitrogen and oxygen atoms in total. The van der Waals surface area contributed by atoms with Crippen molar-refractivity contribution in [3.05, 3.63) is 32.6 Å². The van der Waals surface area contributed by atoms with Crippen molar-refractivity contribution < 1.29 is 23.4 Å². The Morgan fingerprint density at radius 1 is 1.44 bits per heavy atom. The monoisotopic (exact) mass is 361 g/mol. The molecule has 1 unspecified atom stereocenters. The maximum absolute atomic E-state index is 14.6. The molecule has 1 saturated heterocycles. The predicted molar refractivity (Wildman–Crippen MR) is 83.6 cm³/mol. The average molecular weight is 361 g/mol. The van der Waals surface area contributed by atoms with E-state index in [9.17, 15) is 28.3 Å². The van der Waals surface area contributed by atoms with E-state index in [4.69, 9.17) is 4.74 Å². The van der Waals surface area contributed by atoms with Gasteiger partial charge in [-0.05, 0) is 27.7 Å². The van der Waals surface area contributed by atoms with E-state index < -0.39 is 54.1 Å². The molecule has 0 aromatic carbocycles. The van der Waals surface area contributed by atoms with Gasteiger partial charge in [0.25, 0.3) is 11.5 Å². The molecule has 1 aliphatic rings. The van der Waals surface area contributed by atoms with Crippen molar-refractivity contribution >= 4 is 6.09 Å². The van der Waals surface area contributed by atoms with Crippen LogP contribution >= 0.6 is 0 Å². The lowest BCUT2D eigenvalue weighted by Gasteiger charge is -2.33. The molecule has 1 amide bonds. The number of H-pyrrole nitrogens is 1. The molecule has 0 aliphatic carbocycles. The number of ether oxygens (including phenoxy) is 1. The Morgan fingerprint density at radius 3 is 2.56 bits per heavy atom. The molecule has 140 valence electrons. The minimum absolute atomic E-state index is 0.0342. The highest BCUT2D eigenvalue weighted by atomic mass is 19.3. The van der Waals surface area contributed by atoms with E-state index in [1.165, 1.54) is 6.92 Å². The maximum Gasteiger partial charge on any atom is 0.412 e. The number of amides is 1. The molecule has 0 radical (unpaired) electrons. The lowest BCUT2D eigenvalue weighted by Crippen LogP contribution is -2.49. The Hall–Kier alpha value is -2.23. The third kappa shape index (κ3) is 3.73. The van der Waals surface area contributed by atoms with Crippen LogP contribution in [0.5, 0.6) is 0 Å². The molecule has 0 saturated carbocycles. The van der Waals surface area contributed by atoms with E-state index >= 15 is 0 Å². The molecule has 1 aromatic heterocycles. The zero-order valence-electron chi connectivity index (χ0n) is 14.4. The number of rotatable bonds is 2. The first-order valence-electron chi connectivity index (χ1n) is 7.69. The van der Waals surface area contributed by atoms with Crippen molar-refractivity contribution in [2.75, 3.05) is 6.61 Å². The number of aliphatic hydroxyl groups excluding tert-OH is 1. The number of hydrogen-bond donors (Lipinski definition) is 2. The number of aromatic amines is 1. The Kier molecular flexibility index (Phi) is 4.77. The summed E-state index contributed by atoms with van der Waals surface area (Å²) in [6.07, 6.45) is -2.96.